The molecular weight excluding hydrogens is 184 g/mol. The fourth-order valence-electron chi connectivity index (χ4n) is 1.73. The van der Waals surface area contributed by atoms with Crippen molar-refractivity contribution < 1.29 is 5.11 Å². The van der Waals surface area contributed by atoms with Gasteiger partial charge in [-0.25, -0.2) is 0 Å². The molecule has 0 aliphatic heterocycles. The van der Waals surface area contributed by atoms with Crippen LogP contribution in [-0.2, 0) is 6.42 Å². The van der Waals surface area contributed by atoms with E-state index in [1.807, 2.05) is 0 Å². The first-order chi connectivity index (χ1) is 7.22. The molecule has 1 nitrogen and oxygen atoms in total. The Morgan fingerprint density at radius 3 is 2.40 bits per heavy atom. The van der Waals surface area contributed by atoms with Gasteiger partial charge in [0.1, 0.15) is 0 Å². The molecule has 0 saturated carbocycles. The summed E-state index contributed by atoms with van der Waals surface area (Å²) in [5.74, 6) is 0. The number of hydrogen-bond acceptors (Lipinski definition) is 1. The van der Waals surface area contributed by atoms with Crippen LogP contribution in [0.1, 0.15) is 43.7 Å². The SMILES string of the molecule is CCCCCC(O)Cc1ccc(C)cc1. The Hall–Kier alpha value is -0.820. The van der Waals surface area contributed by atoms with E-state index in [-0.39, 0.29) is 6.10 Å². The lowest BCUT2D eigenvalue weighted by molar-refractivity contribution is 0.161. The van der Waals surface area contributed by atoms with Crippen LogP contribution in [0.5, 0.6) is 0 Å². The van der Waals surface area contributed by atoms with Crippen LogP contribution in [-0.4, -0.2) is 11.2 Å². The Morgan fingerprint density at radius 2 is 1.80 bits per heavy atom. The van der Waals surface area contributed by atoms with E-state index < -0.39 is 0 Å². The number of unbranched alkanes of at least 4 members (excludes halogenated alkanes) is 2. The maximum absolute atomic E-state index is 9.80. The smallest absolute Gasteiger partial charge is 0.0580 e. The second-order valence-electron chi connectivity index (χ2n) is 4.34. The highest BCUT2D eigenvalue weighted by Crippen LogP contribution is 2.10. The quantitative estimate of drug-likeness (QED) is 0.706. The van der Waals surface area contributed by atoms with Gasteiger partial charge in [-0.1, -0.05) is 56.0 Å². The normalized spacial score (nSPS) is 12.7. The minimum absolute atomic E-state index is 0.167. The zero-order chi connectivity index (χ0) is 11.1. The summed E-state index contributed by atoms with van der Waals surface area (Å²) in [6.07, 6.45) is 5.15. The van der Waals surface area contributed by atoms with Crippen LogP contribution >= 0.6 is 0 Å². The molecule has 84 valence electrons. The third kappa shape index (κ3) is 4.98. The topological polar surface area (TPSA) is 20.2 Å². The van der Waals surface area contributed by atoms with Gasteiger partial charge in [0.05, 0.1) is 6.10 Å². The summed E-state index contributed by atoms with van der Waals surface area (Å²) in [5.41, 5.74) is 2.52. The van der Waals surface area contributed by atoms with Gasteiger partial charge < -0.3 is 5.11 Å². The van der Waals surface area contributed by atoms with Crippen LogP contribution in [0.25, 0.3) is 0 Å². The van der Waals surface area contributed by atoms with Crippen LogP contribution in [0.15, 0.2) is 24.3 Å². The van der Waals surface area contributed by atoms with Crippen LogP contribution in [0.3, 0.4) is 0 Å². The first-order valence-electron chi connectivity index (χ1n) is 5.96. The molecule has 1 atom stereocenters. The summed E-state index contributed by atoms with van der Waals surface area (Å²) >= 11 is 0. The van der Waals surface area contributed by atoms with E-state index in [2.05, 4.69) is 38.1 Å². The first-order valence-corrected chi connectivity index (χ1v) is 5.96. The van der Waals surface area contributed by atoms with Crippen LogP contribution in [0.4, 0.5) is 0 Å². The van der Waals surface area contributed by atoms with Crippen molar-refractivity contribution in [1.82, 2.24) is 0 Å². The average Bonchev–Trinajstić information content (AvgIpc) is 2.22. The predicted molar refractivity (Wildman–Crippen MR) is 65.0 cm³/mol. The Labute approximate surface area is 93.1 Å². The average molecular weight is 206 g/mol. The van der Waals surface area contributed by atoms with Crippen molar-refractivity contribution in [3.05, 3.63) is 35.4 Å². The highest BCUT2D eigenvalue weighted by atomic mass is 16.3. The summed E-state index contributed by atoms with van der Waals surface area (Å²) in [7, 11) is 0. The van der Waals surface area contributed by atoms with Gasteiger partial charge in [-0.15, -0.1) is 0 Å². The van der Waals surface area contributed by atoms with Crippen molar-refractivity contribution in [3.8, 4) is 0 Å². The lowest BCUT2D eigenvalue weighted by atomic mass is 10.0. The van der Waals surface area contributed by atoms with Crippen molar-refractivity contribution in [1.29, 1.82) is 0 Å². The molecule has 0 spiro atoms. The number of aryl methyl sites for hydroxylation is 1. The Balaban J connectivity index is 2.31. The van der Waals surface area contributed by atoms with E-state index in [1.54, 1.807) is 0 Å². The highest BCUT2D eigenvalue weighted by molar-refractivity contribution is 5.21. The van der Waals surface area contributed by atoms with Gasteiger partial charge in [0, 0.05) is 0 Å². The molecule has 1 aromatic rings. The molecule has 1 aromatic carbocycles. The number of rotatable bonds is 6. The standard InChI is InChI=1S/C14H22O/c1-3-4-5-6-14(15)11-13-9-7-12(2)8-10-13/h7-10,14-15H,3-6,11H2,1-2H3. The summed E-state index contributed by atoms with van der Waals surface area (Å²) in [6.45, 7) is 4.27. The molecule has 15 heavy (non-hydrogen) atoms. The maximum Gasteiger partial charge on any atom is 0.0580 e. The minimum atomic E-state index is -0.167. The lowest BCUT2D eigenvalue weighted by Gasteiger charge is -2.10. The summed E-state index contributed by atoms with van der Waals surface area (Å²) in [4.78, 5) is 0. The third-order valence-electron chi connectivity index (χ3n) is 2.73. The molecule has 1 N–H and O–H groups in total. The van der Waals surface area contributed by atoms with Crippen LogP contribution in [0, 0.1) is 6.92 Å². The largest absolute Gasteiger partial charge is 0.393 e. The van der Waals surface area contributed by atoms with E-state index >= 15 is 0 Å². The Kier molecular flexibility index (Phi) is 5.41. The minimum Gasteiger partial charge on any atom is -0.393 e. The third-order valence-corrected chi connectivity index (χ3v) is 2.73. The molecule has 0 fully saturated rings. The van der Waals surface area contributed by atoms with Gasteiger partial charge in [0.2, 0.25) is 0 Å². The number of aliphatic hydroxyl groups is 1. The first kappa shape index (κ1) is 12.3. The van der Waals surface area contributed by atoms with E-state index in [1.165, 1.54) is 24.0 Å². The van der Waals surface area contributed by atoms with Gasteiger partial charge in [0.25, 0.3) is 0 Å². The van der Waals surface area contributed by atoms with Crippen molar-refractivity contribution >= 4 is 0 Å². The fourth-order valence-corrected chi connectivity index (χ4v) is 1.73. The monoisotopic (exact) mass is 206 g/mol. The van der Waals surface area contributed by atoms with Crippen molar-refractivity contribution in [2.75, 3.05) is 0 Å². The van der Waals surface area contributed by atoms with Crippen LogP contribution in [0.2, 0.25) is 0 Å². The molecule has 0 aromatic heterocycles. The van der Waals surface area contributed by atoms with Gasteiger partial charge in [-0.3, -0.25) is 0 Å². The van der Waals surface area contributed by atoms with Gasteiger partial charge >= 0.3 is 0 Å². The zero-order valence-electron chi connectivity index (χ0n) is 9.87. The zero-order valence-corrected chi connectivity index (χ0v) is 9.87. The molecule has 0 aliphatic rings. The van der Waals surface area contributed by atoms with Gasteiger partial charge in [-0.05, 0) is 25.3 Å². The lowest BCUT2D eigenvalue weighted by Crippen LogP contribution is -2.10. The van der Waals surface area contributed by atoms with Gasteiger partial charge in [-0.2, -0.15) is 0 Å². The van der Waals surface area contributed by atoms with E-state index in [9.17, 15) is 5.11 Å². The van der Waals surface area contributed by atoms with Crippen molar-refractivity contribution in [2.24, 2.45) is 0 Å². The Morgan fingerprint density at radius 1 is 1.13 bits per heavy atom. The Bertz CT molecular complexity index is 263. The summed E-state index contributed by atoms with van der Waals surface area (Å²) < 4.78 is 0. The van der Waals surface area contributed by atoms with E-state index in [0.717, 1.165) is 19.3 Å². The fraction of sp³-hybridized carbons (Fsp3) is 0.571. The second-order valence-corrected chi connectivity index (χ2v) is 4.34. The molecule has 1 heteroatoms. The van der Waals surface area contributed by atoms with Gasteiger partial charge in [0.15, 0.2) is 0 Å². The van der Waals surface area contributed by atoms with E-state index in [4.69, 9.17) is 0 Å². The van der Waals surface area contributed by atoms with Crippen molar-refractivity contribution in [2.45, 2.75) is 52.1 Å². The number of hydrogen-bond donors (Lipinski definition) is 1. The molecule has 0 bridgehead atoms. The summed E-state index contributed by atoms with van der Waals surface area (Å²) in [5, 5.41) is 9.80. The highest BCUT2D eigenvalue weighted by Gasteiger charge is 2.04. The molecule has 0 saturated heterocycles. The molecule has 0 heterocycles. The predicted octanol–water partition coefficient (Wildman–Crippen LogP) is 3.48. The maximum atomic E-state index is 9.80. The second kappa shape index (κ2) is 6.62. The van der Waals surface area contributed by atoms with Crippen molar-refractivity contribution in [3.63, 3.8) is 0 Å². The number of aliphatic hydroxyl groups excluding tert-OH is 1. The molecule has 0 amide bonds. The molecule has 0 aliphatic carbocycles. The molecular formula is C14H22O. The van der Waals surface area contributed by atoms with E-state index in [0.29, 0.717) is 0 Å². The summed E-state index contributed by atoms with van der Waals surface area (Å²) in [6, 6.07) is 8.43. The van der Waals surface area contributed by atoms with Crippen LogP contribution < -0.4 is 0 Å². The molecule has 0 radical (unpaired) electrons. The molecule has 1 unspecified atom stereocenters. The molecule has 1 rings (SSSR count). The number of benzene rings is 1.